The van der Waals surface area contributed by atoms with Crippen LogP contribution in [-0.4, -0.2) is 41.1 Å². The third kappa shape index (κ3) is 2.25. The van der Waals surface area contributed by atoms with Crippen molar-refractivity contribution in [3.8, 4) is 0 Å². The highest BCUT2D eigenvalue weighted by atomic mass is 16.3. The SMILES string of the molecule is CC1(C)CCN(C(=O)[C@@](C)(N)CO)C1. The Morgan fingerprint density at radius 3 is 2.57 bits per heavy atom. The van der Waals surface area contributed by atoms with Crippen LogP contribution in [0, 0.1) is 5.41 Å². The van der Waals surface area contributed by atoms with Gasteiger partial charge in [0.05, 0.1) is 6.61 Å². The largest absolute Gasteiger partial charge is 0.394 e. The number of nitrogens with two attached hydrogens (primary N) is 1. The van der Waals surface area contributed by atoms with Gasteiger partial charge >= 0.3 is 0 Å². The Kier molecular flexibility index (Phi) is 2.88. The second-order valence-electron chi connectivity index (χ2n) is 5.22. The van der Waals surface area contributed by atoms with Crippen LogP contribution in [-0.2, 0) is 4.79 Å². The van der Waals surface area contributed by atoms with Gasteiger partial charge in [-0.3, -0.25) is 4.79 Å². The van der Waals surface area contributed by atoms with E-state index in [1.165, 1.54) is 0 Å². The number of aliphatic hydroxyl groups excluding tert-OH is 1. The van der Waals surface area contributed by atoms with Crippen molar-refractivity contribution in [3.05, 3.63) is 0 Å². The second kappa shape index (κ2) is 3.51. The van der Waals surface area contributed by atoms with Crippen LogP contribution >= 0.6 is 0 Å². The molecule has 1 amide bonds. The monoisotopic (exact) mass is 200 g/mol. The van der Waals surface area contributed by atoms with E-state index in [2.05, 4.69) is 13.8 Å². The van der Waals surface area contributed by atoms with E-state index in [4.69, 9.17) is 10.8 Å². The highest BCUT2D eigenvalue weighted by Gasteiger charge is 2.38. The molecule has 0 aromatic rings. The molecule has 4 heteroatoms. The maximum atomic E-state index is 11.8. The lowest BCUT2D eigenvalue weighted by Gasteiger charge is -2.28. The number of nitrogens with zero attached hydrogens (tertiary/aromatic N) is 1. The second-order valence-corrected chi connectivity index (χ2v) is 5.22. The zero-order chi connectivity index (χ0) is 11.0. The summed E-state index contributed by atoms with van der Waals surface area (Å²) >= 11 is 0. The first kappa shape index (κ1) is 11.5. The lowest BCUT2D eigenvalue weighted by Crippen LogP contribution is -2.55. The molecule has 1 aliphatic heterocycles. The summed E-state index contributed by atoms with van der Waals surface area (Å²) in [4.78, 5) is 13.6. The lowest BCUT2D eigenvalue weighted by molar-refractivity contribution is -0.137. The van der Waals surface area contributed by atoms with Crippen molar-refractivity contribution in [2.45, 2.75) is 32.7 Å². The number of amides is 1. The summed E-state index contributed by atoms with van der Waals surface area (Å²) in [7, 11) is 0. The Labute approximate surface area is 85.1 Å². The van der Waals surface area contributed by atoms with Gasteiger partial charge in [-0.1, -0.05) is 13.8 Å². The number of hydrogen-bond acceptors (Lipinski definition) is 3. The Morgan fingerprint density at radius 2 is 2.21 bits per heavy atom. The third-order valence-corrected chi connectivity index (χ3v) is 2.78. The third-order valence-electron chi connectivity index (χ3n) is 2.78. The van der Waals surface area contributed by atoms with Crippen LogP contribution in [0.1, 0.15) is 27.2 Å². The molecule has 0 spiro atoms. The summed E-state index contributed by atoms with van der Waals surface area (Å²) in [5.74, 6) is -0.148. The molecule has 0 aromatic carbocycles. The van der Waals surface area contributed by atoms with Crippen LogP contribution in [0.4, 0.5) is 0 Å². The van der Waals surface area contributed by atoms with Crippen molar-refractivity contribution in [1.29, 1.82) is 0 Å². The van der Waals surface area contributed by atoms with Crippen molar-refractivity contribution in [2.24, 2.45) is 11.1 Å². The van der Waals surface area contributed by atoms with Gasteiger partial charge in [0.2, 0.25) is 5.91 Å². The fourth-order valence-electron chi connectivity index (χ4n) is 1.71. The van der Waals surface area contributed by atoms with E-state index in [1.54, 1.807) is 11.8 Å². The molecule has 0 aromatic heterocycles. The topological polar surface area (TPSA) is 66.6 Å². The van der Waals surface area contributed by atoms with E-state index >= 15 is 0 Å². The average Bonchev–Trinajstić information content (AvgIpc) is 2.44. The minimum Gasteiger partial charge on any atom is -0.394 e. The van der Waals surface area contributed by atoms with Crippen molar-refractivity contribution in [1.82, 2.24) is 4.90 Å². The van der Waals surface area contributed by atoms with E-state index in [0.717, 1.165) is 19.5 Å². The van der Waals surface area contributed by atoms with Gasteiger partial charge in [-0.15, -0.1) is 0 Å². The van der Waals surface area contributed by atoms with Crippen molar-refractivity contribution in [3.63, 3.8) is 0 Å². The van der Waals surface area contributed by atoms with E-state index in [-0.39, 0.29) is 17.9 Å². The number of aliphatic hydroxyl groups is 1. The fourth-order valence-corrected chi connectivity index (χ4v) is 1.71. The Morgan fingerprint density at radius 1 is 1.64 bits per heavy atom. The molecular weight excluding hydrogens is 180 g/mol. The molecule has 0 unspecified atom stereocenters. The molecule has 3 N–H and O–H groups in total. The van der Waals surface area contributed by atoms with E-state index < -0.39 is 5.54 Å². The maximum absolute atomic E-state index is 11.8. The molecule has 0 saturated carbocycles. The van der Waals surface area contributed by atoms with Gasteiger partial charge in [-0.25, -0.2) is 0 Å². The number of likely N-dealkylation sites (tertiary alicyclic amines) is 1. The molecule has 1 atom stereocenters. The predicted octanol–water partition coefficient (Wildman–Crippen LogP) is -0.0454. The molecular formula is C10H20N2O2. The quantitative estimate of drug-likeness (QED) is 0.657. The van der Waals surface area contributed by atoms with Gasteiger partial charge in [0.25, 0.3) is 0 Å². The van der Waals surface area contributed by atoms with E-state index in [9.17, 15) is 4.79 Å². The number of rotatable bonds is 2. The van der Waals surface area contributed by atoms with Crippen molar-refractivity contribution >= 4 is 5.91 Å². The number of carbonyl (C=O) groups is 1. The minimum atomic E-state index is -1.12. The summed E-state index contributed by atoms with van der Waals surface area (Å²) in [6.45, 7) is 7.01. The fraction of sp³-hybridized carbons (Fsp3) is 0.900. The minimum absolute atomic E-state index is 0.148. The molecule has 1 rings (SSSR count). The maximum Gasteiger partial charge on any atom is 0.244 e. The van der Waals surface area contributed by atoms with Crippen LogP contribution in [0.2, 0.25) is 0 Å². The first-order chi connectivity index (χ1) is 6.28. The van der Waals surface area contributed by atoms with Gasteiger partial charge in [-0.2, -0.15) is 0 Å². The first-order valence-corrected chi connectivity index (χ1v) is 4.98. The molecule has 1 heterocycles. The van der Waals surface area contributed by atoms with Crippen LogP contribution in [0.25, 0.3) is 0 Å². The number of hydrogen-bond donors (Lipinski definition) is 2. The van der Waals surface area contributed by atoms with Crippen LogP contribution in [0.3, 0.4) is 0 Å². The Hall–Kier alpha value is -0.610. The summed E-state index contributed by atoms with van der Waals surface area (Å²) in [5, 5.41) is 8.98. The van der Waals surface area contributed by atoms with Gasteiger partial charge in [0, 0.05) is 13.1 Å². The van der Waals surface area contributed by atoms with Crippen LogP contribution in [0.15, 0.2) is 0 Å². The molecule has 0 aliphatic carbocycles. The number of carbonyl (C=O) groups excluding carboxylic acids is 1. The molecule has 1 fully saturated rings. The normalized spacial score (nSPS) is 24.8. The van der Waals surface area contributed by atoms with Crippen molar-refractivity contribution in [2.75, 3.05) is 19.7 Å². The molecule has 82 valence electrons. The average molecular weight is 200 g/mol. The van der Waals surface area contributed by atoms with Gasteiger partial charge < -0.3 is 15.7 Å². The summed E-state index contributed by atoms with van der Waals surface area (Å²) in [5.41, 5.74) is 4.74. The molecule has 4 nitrogen and oxygen atoms in total. The smallest absolute Gasteiger partial charge is 0.244 e. The highest BCUT2D eigenvalue weighted by Crippen LogP contribution is 2.29. The Balaban J connectivity index is 2.65. The summed E-state index contributed by atoms with van der Waals surface area (Å²) < 4.78 is 0. The van der Waals surface area contributed by atoms with Gasteiger partial charge in [-0.05, 0) is 18.8 Å². The van der Waals surface area contributed by atoms with Crippen LogP contribution < -0.4 is 5.73 Å². The molecule has 1 saturated heterocycles. The Bertz CT molecular complexity index is 236. The van der Waals surface area contributed by atoms with Gasteiger partial charge in [0.15, 0.2) is 0 Å². The predicted molar refractivity (Wildman–Crippen MR) is 54.7 cm³/mol. The molecule has 0 radical (unpaired) electrons. The molecule has 14 heavy (non-hydrogen) atoms. The summed E-state index contributed by atoms with van der Waals surface area (Å²) in [6.07, 6.45) is 1.00. The zero-order valence-corrected chi connectivity index (χ0v) is 9.21. The molecule has 0 bridgehead atoms. The van der Waals surface area contributed by atoms with E-state index in [1.807, 2.05) is 0 Å². The summed E-state index contributed by atoms with van der Waals surface area (Å²) in [6, 6.07) is 0. The lowest BCUT2D eigenvalue weighted by atomic mass is 9.93. The first-order valence-electron chi connectivity index (χ1n) is 4.98. The molecule has 1 aliphatic rings. The standard InChI is InChI=1S/C10H20N2O2/c1-9(2)4-5-12(6-9)8(14)10(3,11)7-13/h13H,4-7,11H2,1-3H3/t10-/m0/s1. The zero-order valence-electron chi connectivity index (χ0n) is 9.21. The van der Waals surface area contributed by atoms with Crippen LogP contribution in [0.5, 0.6) is 0 Å². The van der Waals surface area contributed by atoms with Gasteiger partial charge in [0.1, 0.15) is 5.54 Å². The van der Waals surface area contributed by atoms with Crippen molar-refractivity contribution < 1.29 is 9.90 Å². The van der Waals surface area contributed by atoms with E-state index in [0.29, 0.717) is 0 Å². The highest BCUT2D eigenvalue weighted by molar-refractivity contribution is 5.86.